The molecular weight excluding hydrogens is 356 g/mol. The van der Waals surface area contributed by atoms with Gasteiger partial charge in [0, 0.05) is 37.9 Å². The van der Waals surface area contributed by atoms with Crippen LogP contribution in [-0.4, -0.2) is 56.8 Å². The van der Waals surface area contributed by atoms with Crippen LogP contribution in [0.5, 0.6) is 5.75 Å². The molecule has 152 valence electrons. The summed E-state index contributed by atoms with van der Waals surface area (Å²) in [5, 5.41) is 15.3. The van der Waals surface area contributed by atoms with Gasteiger partial charge in [0.15, 0.2) is 0 Å². The fourth-order valence-corrected chi connectivity index (χ4v) is 3.02. The van der Waals surface area contributed by atoms with Crippen molar-refractivity contribution in [2.45, 2.75) is 26.8 Å². The summed E-state index contributed by atoms with van der Waals surface area (Å²) in [4.78, 5) is 14.8. The summed E-state index contributed by atoms with van der Waals surface area (Å²) in [6.45, 7) is 11.2. The maximum absolute atomic E-state index is 12.5. The first kappa shape index (κ1) is 21.7. The average Bonchev–Trinajstić information content (AvgIpc) is 2.70. The number of rotatable bonds is 9. The molecule has 0 spiro atoms. The van der Waals surface area contributed by atoms with E-state index in [4.69, 9.17) is 9.47 Å². The lowest BCUT2D eigenvalue weighted by atomic mass is 10.0. The molecule has 28 heavy (non-hydrogen) atoms. The first-order chi connectivity index (χ1) is 13.5. The summed E-state index contributed by atoms with van der Waals surface area (Å²) < 4.78 is 11.0. The van der Waals surface area contributed by atoms with E-state index >= 15 is 0 Å². The number of aryl methyl sites for hydroxylation is 1. The maximum Gasteiger partial charge on any atom is 0.263 e. The zero-order valence-corrected chi connectivity index (χ0v) is 17.0. The topological polar surface area (TPSA) is 86.6 Å². The molecule has 1 unspecified atom stereocenters. The number of hydrogen-bond donors (Lipinski definition) is 2. The van der Waals surface area contributed by atoms with Crippen molar-refractivity contribution in [3.63, 3.8) is 0 Å². The molecule has 1 aromatic rings. The Bertz CT molecular complexity index is 721. The normalized spacial score (nSPS) is 16.1. The smallest absolute Gasteiger partial charge is 0.263 e. The summed E-state index contributed by atoms with van der Waals surface area (Å²) in [5.41, 5.74) is 2.03. The van der Waals surface area contributed by atoms with Crippen molar-refractivity contribution in [3.05, 3.63) is 41.1 Å². The predicted molar refractivity (Wildman–Crippen MR) is 108 cm³/mol. The van der Waals surface area contributed by atoms with Crippen LogP contribution < -0.4 is 15.4 Å². The molecule has 0 saturated carbocycles. The van der Waals surface area contributed by atoms with Crippen molar-refractivity contribution in [1.82, 2.24) is 15.5 Å². The Kier molecular flexibility index (Phi) is 8.79. The van der Waals surface area contributed by atoms with Crippen molar-refractivity contribution >= 4 is 5.91 Å². The second-order valence-corrected chi connectivity index (χ2v) is 6.75. The van der Waals surface area contributed by atoms with Crippen LogP contribution in [0.2, 0.25) is 0 Å². The van der Waals surface area contributed by atoms with Crippen LogP contribution in [-0.2, 0) is 9.53 Å². The second kappa shape index (κ2) is 11.3. The molecule has 7 nitrogen and oxygen atoms in total. The van der Waals surface area contributed by atoms with E-state index in [9.17, 15) is 10.1 Å². The third-order valence-corrected chi connectivity index (χ3v) is 4.57. The summed E-state index contributed by atoms with van der Waals surface area (Å²) in [5.74, 6) is 0.338. The minimum Gasteiger partial charge on any atom is -0.494 e. The van der Waals surface area contributed by atoms with Crippen molar-refractivity contribution in [1.29, 1.82) is 5.26 Å². The Morgan fingerprint density at radius 2 is 2.18 bits per heavy atom. The van der Waals surface area contributed by atoms with Gasteiger partial charge in [-0.3, -0.25) is 9.69 Å². The second-order valence-electron chi connectivity index (χ2n) is 6.75. The Balaban J connectivity index is 1.91. The maximum atomic E-state index is 12.5. The van der Waals surface area contributed by atoms with Gasteiger partial charge in [-0.25, -0.2) is 0 Å². The van der Waals surface area contributed by atoms with Gasteiger partial charge < -0.3 is 20.1 Å². The van der Waals surface area contributed by atoms with E-state index in [0.29, 0.717) is 13.2 Å². The minimum absolute atomic E-state index is 0.0550. The van der Waals surface area contributed by atoms with E-state index in [1.807, 2.05) is 45.0 Å². The van der Waals surface area contributed by atoms with Gasteiger partial charge in [-0.15, -0.1) is 0 Å². The molecule has 0 bridgehead atoms. The Morgan fingerprint density at radius 3 is 2.86 bits per heavy atom. The van der Waals surface area contributed by atoms with E-state index in [0.717, 1.165) is 49.7 Å². The number of ether oxygens (including phenoxy) is 2. The van der Waals surface area contributed by atoms with Gasteiger partial charge in [0.25, 0.3) is 5.91 Å². The van der Waals surface area contributed by atoms with Crippen LogP contribution in [0.4, 0.5) is 0 Å². The fourth-order valence-electron chi connectivity index (χ4n) is 3.02. The van der Waals surface area contributed by atoms with Gasteiger partial charge in [0.2, 0.25) is 0 Å². The largest absolute Gasteiger partial charge is 0.494 e. The van der Waals surface area contributed by atoms with E-state index in [1.54, 1.807) is 0 Å². The summed E-state index contributed by atoms with van der Waals surface area (Å²) >= 11 is 0. The van der Waals surface area contributed by atoms with Gasteiger partial charge in [-0.05, 0) is 26.8 Å². The first-order valence-corrected chi connectivity index (χ1v) is 9.73. The van der Waals surface area contributed by atoms with E-state index in [1.165, 1.54) is 6.20 Å². The number of benzene rings is 1. The molecule has 7 heteroatoms. The lowest BCUT2D eigenvalue weighted by molar-refractivity contribution is -0.117. The molecule has 2 rings (SSSR count). The quantitative estimate of drug-likeness (QED) is 0.383. The van der Waals surface area contributed by atoms with Crippen LogP contribution in [0, 0.1) is 18.3 Å². The molecule has 1 atom stereocenters. The molecule has 1 aliphatic rings. The monoisotopic (exact) mass is 386 g/mol. The van der Waals surface area contributed by atoms with Crippen molar-refractivity contribution in [2.24, 2.45) is 0 Å². The van der Waals surface area contributed by atoms with Crippen molar-refractivity contribution in [3.8, 4) is 11.8 Å². The van der Waals surface area contributed by atoms with Gasteiger partial charge in [0.05, 0.1) is 25.9 Å². The molecule has 0 radical (unpaired) electrons. The number of carbonyl (C=O) groups excluding carboxylic acids is 1. The number of nitriles is 1. The summed E-state index contributed by atoms with van der Waals surface area (Å²) in [6, 6.07) is 7.57. The van der Waals surface area contributed by atoms with Crippen LogP contribution in [0.1, 0.15) is 31.0 Å². The molecule has 1 aromatic carbocycles. The predicted octanol–water partition coefficient (Wildman–Crippen LogP) is 1.90. The van der Waals surface area contributed by atoms with Crippen LogP contribution in [0.25, 0.3) is 0 Å². The van der Waals surface area contributed by atoms with Crippen LogP contribution in [0.15, 0.2) is 30.0 Å². The highest BCUT2D eigenvalue weighted by Gasteiger charge is 2.17. The summed E-state index contributed by atoms with van der Waals surface area (Å²) in [6.07, 6.45) is 1.49. The third kappa shape index (κ3) is 6.55. The molecule has 1 fully saturated rings. The molecule has 0 aromatic heterocycles. The Labute approximate surface area is 167 Å². The zero-order valence-electron chi connectivity index (χ0n) is 17.0. The Hall–Kier alpha value is -2.56. The fraction of sp³-hybridized carbons (Fsp3) is 0.524. The highest BCUT2D eigenvalue weighted by molar-refractivity contribution is 5.97. The molecular formula is C21H30N4O3. The van der Waals surface area contributed by atoms with E-state index in [2.05, 4.69) is 15.5 Å². The first-order valence-electron chi connectivity index (χ1n) is 9.73. The average molecular weight is 386 g/mol. The van der Waals surface area contributed by atoms with Crippen LogP contribution >= 0.6 is 0 Å². The number of morpholine rings is 1. The number of nitrogens with one attached hydrogen (secondary N) is 2. The molecule has 1 amide bonds. The van der Waals surface area contributed by atoms with Gasteiger partial charge >= 0.3 is 0 Å². The summed E-state index contributed by atoms with van der Waals surface area (Å²) in [7, 11) is 0. The molecule has 1 saturated heterocycles. The van der Waals surface area contributed by atoms with Crippen molar-refractivity contribution < 1.29 is 14.3 Å². The number of hydrogen-bond acceptors (Lipinski definition) is 6. The zero-order chi connectivity index (χ0) is 20.4. The Morgan fingerprint density at radius 1 is 1.43 bits per heavy atom. The number of carbonyl (C=O) groups is 1. The highest BCUT2D eigenvalue weighted by atomic mass is 16.5. The molecule has 1 aliphatic heterocycles. The SMILES string of the molecule is CCOc1ccc(C)cc1C(C)NC(=O)/C(C#N)=C\NCCN1CCOCC1. The number of amides is 1. The van der Waals surface area contributed by atoms with Gasteiger partial charge in [0.1, 0.15) is 17.4 Å². The molecule has 2 N–H and O–H groups in total. The third-order valence-electron chi connectivity index (χ3n) is 4.57. The van der Waals surface area contributed by atoms with E-state index < -0.39 is 5.91 Å². The van der Waals surface area contributed by atoms with Gasteiger partial charge in [-0.1, -0.05) is 17.7 Å². The van der Waals surface area contributed by atoms with Crippen LogP contribution in [0.3, 0.4) is 0 Å². The standard InChI is InChI=1S/C21H30N4O3/c1-4-28-20-6-5-16(2)13-19(20)17(3)24-21(26)18(14-22)15-23-7-8-25-9-11-27-12-10-25/h5-6,13,15,17,23H,4,7-12H2,1-3H3,(H,24,26)/b18-15-. The van der Waals surface area contributed by atoms with E-state index in [-0.39, 0.29) is 11.6 Å². The van der Waals surface area contributed by atoms with Crippen molar-refractivity contribution in [2.75, 3.05) is 46.0 Å². The molecule has 0 aliphatic carbocycles. The lowest BCUT2D eigenvalue weighted by Crippen LogP contribution is -2.39. The minimum atomic E-state index is -0.405. The van der Waals surface area contributed by atoms with Gasteiger partial charge in [-0.2, -0.15) is 5.26 Å². The lowest BCUT2D eigenvalue weighted by Gasteiger charge is -2.26. The molecule has 1 heterocycles. The highest BCUT2D eigenvalue weighted by Crippen LogP contribution is 2.26. The number of nitrogens with zero attached hydrogens (tertiary/aromatic N) is 2.